The van der Waals surface area contributed by atoms with E-state index < -0.39 is 0 Å². The lowest BCUT2D eigenvalue weighted by molar-refractivity contribution is 0.0728. The van der Waals surface area contributed by atoms with Gasteiger partial charge in [0.1, 0.15) is 5.00 Å². The van der Waals surface area contributed by atoms with Crippen molar-refractivity contribution in [3.63, 3.8) is 0 Å². The number of nitrogens with zero attached hydrogens (tertiary/aromatic N) is 2. The Morgan fingerprint density at radius 2 is 2.50 bits per heavy atom. The van der Waals surface area contributed by atoms with Crippen LogP contribution in [0.1, 0.15) is 19.0 Å². The molecule has 84 valence electrons. The summed E-state index contributed by atoms with van der Waals surface area (Å²) < 4.78 is 4.35. The largest absolute Gasteiger partial charge is 0.360 e. The highest BCUT2D eigenvalue weighted by atomic mass is 32.1. The van der Waals surface area contributed by atoms with Crippen LogP contribution in [0.3, 0.4) is 0 Å². The minimum Gasteiger partial charge on any atom is -0.360 e. The molecule has 2 fully saturated rings. The zero-order valence-electron chi connectivity index (χ0n) is 9.73. The fourth-order valence-electron chi connectivity index (χ4n) is 3.31. The smallest absolute Gasteiger partial charge is 0.112 e. The van der Waals surface area contributed by atoms with E-state index in [1.54, 1.807) is 11.5 Å². The van der Waals surface area contributed by atoms with Gasteiger partial charge in [0.2, 0.25) is 0 Å². The molecule has 3 unspecified atom stereocenters. The van der Waals surface area contributed by atoms with Gasteiger partial charge in [-0.3, -0.25) is 0 Å². The van der Waals surface area contributed by atoms with E-state index >= 15 is 0 Å². The molecule has 0 N–H and O–H groups in total. The monoisotopic (exact) mass is 232 g/mol. The number of hydrogen-bond acceptors (Lipinski definition) is 3. The first-order valence-corrected chi connectivity index (χ1v) is 6.58. The van der Waals surface area contributed by atoms with Crippen molar-refractivity contribution in [2.24, 2.45) is 17.3 Å². The predicted octanol–water partition coefficient (Wildman–Crippen LogP) is 2.55. The first-order chi connectivity index (χ1) is 7.64. The normalized spacial score (nSPS) is 36.7. The van der Waals surface area contributed by atoms with Crippen LogP contribution in [0.25, 0.3) is 0 Å². The van der Waals surface area contributed by atoms with Gasteiger partial charge >= 0.3 is 0 Å². The van der Waals surface area contributed by atoms with Crippen LogP contribution < -0.4 is 4.90 Å². The second-order valence-corrected chi connectivity index (χ2v) is 6.06. The summed E-state index contributed by atoms with van der Waals surface area (Å²) in [6, 6.07) is 2.17. The summed E-state index contributed by atoms with van der Waals surface area (Å²) in [5, 5.41) is 1.29. The lowest BCUT2D eigenvalue weighted by Crippen LogP contribution is -2.44. The highest BCUT2D eigenvalue weighted by Crippen LogP contribution is 2.56. The molecule has 2 heterocycles. The molecule has 3 atom stereocenters. The maximum Gasteiger partial charge on any atom is 0.112 e. The van der Waals surface area contributed by atoms with Gasteiger partial charge in [0, 0.05) is 13.1 Å². The quantitative estimate of drug-likeness (QED) is 0.692. The molecule has 0 radical (unpaired) electrons. The standard InChI is InChI=1S/C13H16N2S/c1-4-13-6-9(2)11(13)7-15(8-13)12-5-10(3)14-16-12/h1,5,9,11H,6-8H2,2-3H3. The Kier molecular flexibility index (Phi) is 2.06. The summed E-state index contributed by atoms with van der Waals surface area (Å²) in [7, 11) is 0. The fourth-order valence-corrected chi connectivity index (χ4v) is 4.08. The van der Waals surface area contributed by atoms with E-state index in [1.807, 2.05) is 6.92 Å². The van der Waals surface area contributed by atoms with Crippen LogP contribution in [0.2, 0.25) is 0 Å². The third-order valence-electron chi connectivity index (χ3n) is 4.19. The summed E-state index contributed by atoms with van der Waals surface area (Å²) in [6.45, 7) is 6.51. The highest BCUT2D eigenvalue weighted by molar-refractivity contribution is 7.10. The van der Waals surface area contributed by atoms with Gasteiger partial charge in [0.05, 0.1) is 11.1 Å². The summed E-state index contributed by atoms with van der Waals surface area (Å²) in [6.07, 6.45) is 6.93. The van der Waals surface area contributed by atoms with Crippen LogP contribution in [0.4, 0.5) is 5.00 Å². The highest BCUT2D eigenvalue weighted by Gasteiger charge is 2.56. The molecule has 3 rings (SSSR count). The number of aromatic nitrogens is 1. The molecule has 0 aromatic carbocycles. The second-order valence-electron chi connectivity index (χ2n) is 5.28. The Balaban J connectivity index is 1.85. The third kappa shape index (κ3) is 1.23. The van der Waals surface area contributed by atoms with E-state index in [0.29, 0.717) is 5.92 Å². The van der Waals surface area contributed by atoms with Gasteiger partial charge < -0.3 is 4.90 Å². The lowest BCUT2D eigenvalue weighted by atomic mass is 9.56. The Hall–Kier alpha value is -1.01. The molecule has 1 aromatic heterocycles. The van der Waals surface area contributed by atoms with Crippen molar-refractivity contribution in [3.05, 3.63) is 11.8 Å². The van der Waals surface area contributed by atoms with E-state index in [2.05, 4.69) is 28.2 Å². The Labute approximate surface area is 101 Å². The van der Waals surface area contributed by atoms with Crippen molar-refractivity contribution >= 4 is 16.5 Å². The average molecular weight is 232 g/mol. The number of fused-ring (bicyclic) bond motifs is 1. The number of terminal acetylenes is 1. The van der Waals surface area contributed by atoms with Gasteiger partial charge in [0.25, 0.3) is 0 Å². The van der Waals surface area contributed by atoms with Crippen molar-refractivity contribution < 1.29 is 0 Å². The zero-order chi connectivity index (χ0) is 11.3. The summed E-state index contributed by atoms with van der Waals surface area (Å²) in [5.74, 6) is 4.54. The fraction of sp³-hybridized carbons (Fsp3) is 0.615. The Bertz CT molecular complexity index is 459. The molecule has 3 heteroatoms. The minimum absolute atomic E-state index is 0.164. The molecule has 2 aliphatic rings. The molecular weight excluding hydrogens is 216 g/mol. The van der Waals surface area contributed by atoms with Crippen molar-refractivity contribution in [1.29, 1.82) is 0 Å². The van der Waals surface area contributed by atoms with Crippen LogP contribution in [0, 0.1) is 36.5 Å². The lowest BCUT2D eigenvalue weighted by Gasteiger charge is -2.45. The van der Waals surface area contributed by atoms with E-state index in [1.165, 1.54) is 11.4 Å². The topological polar surface area (TPSA) is 16.1 Å². The second kappa shape index (κ2) is 3.24. The number of hydrogen-bond donors (Lipinski definition) is 0. The van der Waals surface area contributed by atoms with E-state index in [9.17, 15) is 0 Å². The van der Waals surface area contributed by atoms with Crippen molar-refractivity contribution in [1.82, 2.24) is 4.37 Å². The van der Waals surface area contributed by atoms with Crippen LogP contribution in [0.15, 0.2) is 6.07 Å². The molecule has 1 saturated carbocycles. The molecule has 1 saturated heterocycles. The molecule has 2 nitrogen and oxygen atoms in total. The molecule has 1 aliphatic carbocycles. The van der Waals surface area contributed by atoms with Gasteiger partial charge in [-0.2, -0.15) is 4.37 Å². The minimum atomic E-state index is 0.164. The van der Waals surface area contributed by atoms with Crippen LogP contribution in [-0.2, 0) is 0 Å². The van der Waals surface area contributed by atoms with Crippen molar-refractivity contribution in [2.75, 3.05) is 18.0 Å². The Morgan fingerprint density at radius 3 is 3.00 bits per heavy atom. The van der Waals surface area contributed by atoms with Crippen molar-refractivity contribution in [2.45, 2.75) is 20.3 Å². The molecule has 0 spiro atoms. The molecule has 0 amide bonds. The van der Waals surface area contributed by atoms with Gasteiger partial charge in [0.15, 0.2) is 0 Å². The molecule has 1 aromatic rings. The number of anilines is 1. The number of aryl methyl sites for hydroxylation is 1. The van der Waals surface area contributed by atoms with Gasteiger partial charge in [-0.15, -0.1) is 6.42 Å². The zero-order valence-corrected chi connectivity index (χ0v) is 10.5. The number of rotatable bonds is 1. The molecule has 16 heavy (non-hydrogen) atoms. The van der Waals surface area contributed by atoms with Crippen LogP contribution in [-0.4, -0.2) is 17.5 Å². The SMILES string of the molecule is C#CC12CC(C)C1CN(c1cc(C)ns1)C2. The van der Waals surface area contributed by atoms with Gasteiger partial charge in [-0.25, -0.2) is 0 Å². The first kappa shape index (κ1) is 10.2. The summed E-state index contributed by atoms with van der Waals surface area (Å²) >= 11 is 1.60. The maximum atomic E-state index is 5.73. The van der Waals surface area contributed by atoms with E-state index in [4.69, 9.17) is 6.42 Å². The third-order valence-corrected chi connectivity index (χ3v) is 5.13. The van der Waals surface area contributed by atoms with Gasteiger partial charge in [-0.1, -0.05) is 12.8 Å². The van der Waals surface area contributed by atoms with Crippen LogP contribution >= 0.6 is 11.5 Å². The summed E-state index contributed by atoms with van der Waals surface area (Å²) in [5.41, 5.74) is 1.28. The predicted molar refractivity (Wildman–Crippen MR) is 67.6 cm³/mol. The maximum absolute atomic E-state index is 5.73. The van der Waals surface area contributed by atoms with Crippen LogP contribution in [0.5, 0.6) is 0 Å². The molecular formula is C13H16N2S. The van der Waals surface area contributed by atoms with Crippen molar-refractivity contribution in [3.8, 4) is 12.3 Å². The Morgan fingerprint density at radius 1 is 1.69 bits per heavy atom. The average Bonchev–Trinajstić information content (AvgIpc) is 2.80. The van der Waals surface area contributed by atoms with Gasteiger partial charge in [-0.05, 0) is 42.8 Å². The van der Waals surface area contributed by atoms with E-state index in [0.717, 1.165) is 24.7 Å². The summed E-state index contributed by atoms with van der Waals surface area (Å²) in [4.78, 5) is 2.43. The van der Waals surface area contributed by atoms with E-state index in [-0.39, 0.29) is 5.41 Å². The molecule has 0 bridgehead atoms. The molecule has 1 aliphatic heterocycles. The first-order valence-electron chi connectivity index (χ1n) is 5.81.